The molecule has 4 aromatic rings. The second-order valence-electron chi connectivity index (χ2n) is 8.76. The fourth-order valence-electron chi connectivity index (χ4n) is 3.57. The molecule has 1 atom stereocenters. The van der Waals surface area contributed by atoms with Crippen molar-refractivity contribution in [3.05, 3.63) is 88.1 Å². The van der Waals surface area contributed by atoms with Crippen LogP contribution in [-0.2, 0) is 29.6 Å². The fourth-order valence-corrected chi connectivity index (χ4v) is 6.59. The number of nitrogens with one attached hydrogen (secondary N) is 1. The Morgan fingerprint density at radius 2 is 1.84 bits per heavy atom. The number of ether oxygens (including phenoxy) is 2. The first-order chi connectivity index (χ1) is 21.1. The molecule has 0 aliphatic heterocycles. The molecule has 0 saturated heterocycles. The highest BCUT2D eigenvalue weighted by atomic mass is 32.2. The number of amides is 1. The number of nitrogens with zero attached hydrogens (tertiary/aromatic N) is 6. The number of thiazole rings is 1. The van der Waals surface area contributed by atoms with Gasteiger partial charge in [-0.05, 0) is 48.9 Å². The molecule has 2 heterocycles. The zero-order valence-corrected chi connectivity index (χ0v) is 25.9. The van der Waals surface area contributed by atoms with Gasteiger partial charge in [-0.1, -0.05) is 5.11 Å². The Bertz CT molecular complexity index is 1800. The summed E-state index contributed by atoms with van der Waals surface area (Å²) in [4.78, 5) is 28.4. The number of hydrogen-bond acceptors (Lipinski definition) is 13. The van der Waals surface area contributed by atoms with Gasteiger partial charge in [-0.3, -0.25) is 19.7 Å². The van der Waals surface area contributed by atoms with Crippen LogP contribution < -0.4 is 14.8 Å². The molecular weight excluding hydrogens is 633 g/mol. The van der Waals surface area contributed by atoms with Crippen LogP contribution in [0.3, 0.4) is 0 Å². The fraction of sp³-hybridized carbons (Fsp3) is 0.231. The Morgan fingerprint density at radius 1 is 1.09 bits per heavy atom. The summed E-state index contributed by atoms with van der Waals surface area (Å²) in [6.07, 6.45) is 5.28. The molecule has 0 radical (unpaired) electrons. The number of sulfone groups is 1. The number of carbonyl (C=O) groups excluding carboxylic acids is 1. The van der Waals surface area contributed by atoms with Crippen molar-refractivity contribution in [2.75, 3.05) is 31.3 Å². The molecule has 1 N–H and O–H groups in total. The molecule has 15 nitrogen and oxygen atoms in total. The first kappa shape index (κ1) is 32.5. The van der Waals surface area contributed by atoms with Gasteiger partial charge < -0.3 is 18.5 Å². The Balaban J connectivity index is 1.53. The topological polar surface area (TPSA) is 205 Å². The van der Waals surface area contributed by atoms with Gasteiger partial charge in [0.05, 0.1) is 36.2 Å². The van der Waals surface area contributed by atoms with Crippen molar-refractivity contribution in [3.8, 4) is 23.1 Å². The van der Waals surface area contributed by atoms with E-state index in [0.717, 1.165) is 17.6 Å². The predicted octanol–water partition coefficient (Wildman–Crippen LogP) is 6.23. The lowest BCUT2D eigenvalue weighted by molar-refractivity contribution is 0.102. The van der Waals surface area contributed by atoms with Crippen LogP contribution in [0.2, 0.25) is 0 Å². The average Bonchev–Trinajstić information content (AvgIpc) is 3.41. The number of benzene rings is 2. The Hall–Kier alpha value is -4.37. The third-order valence-corrected chi connectivity index (χ3v) is 9.26. The van der Waals surface area contributed by atoms with E-state index in [9.17, 15) is 17.8 Å². The number of rotatable bonds is 15. The lowest BCUT2D eigenvalue weighted by Crippen LogP contribution is -2.12. The zero-order valence-electron chi connectivity index (χ0n) is 23.4. The van der Waals surface area contributed by atoms with E-state index in [1.165, 1.54) is 61.1 Å². The number of azide groups is 1. The molecule has 4 rings (SSSR count). The molecule has 1 unspecified atom stereocenters. The van der Waals surface area contributed by atoms with Crippen molar-refractivity contribution < 1.29 is 36.3 Å². The summed E-state index contributed by atoms with van der Waals surface area (Å²) in [6.45, 7) is 1.70. The van der Waals surface area contributed by atoms with Gasteiger partial charge in [-0.2, -0.15) is 0 Å². The van der Waals surface area contributed by atoms with Gasteiger partial charge in [-0.15, -0.1) is 11.3 Å². The van der Waals surface area contributed by atoms with Crippen LogP contribution in [0, 0.1) is 0 Å². The van der Waals surface area contributed by atoms with Crippen LogP contribution in [0.1, 0.15) is 23.0 Å². The van der Waals surface area contributed by atoms with E-state index in [-0.39, 0.29) is 58.9 Å². The molecular formula is C26H26N7O8PS2. The van der Waals surface area contributed by atoms with Gasteiger partial charge in [0.25, 0.3) is 5.91 Å². The van der Waals surface area contributed by atoms with Crippen molar-refractivity contribution in [2.24, 2.45) is 5.11 Å². The number of carbonyl (C=O) groups is 1. The van der Waals surface area contributed by atoms with E-state index in [4.69, 9.17) is 24.1 Å². The van der Waals surface area contributed by atoms with E-state index in [1.807, 2.05) is 0 Å². The minimum absolute atomic E-state index is 0.0107. The molecule has 18 heteroatoms. The molecule has 0 saturated carbocycles. The molecule has 44 heavy (non-hydrogen) atoms. The standard InChI is InChI=1S/C26H26N7O8PS2/c1-3-38-42(35,39-11-10-30-33-27)16-19-17-43-26(31-19)32-25(34)18-12-21(14-22(13-18)41-24-15-28-8-9-29-24)40-20-4-6-23(7-5-20)44(2,36)37/h4-9,12-15,17H,3,10-11,16H2,1-2H3,(H,31,32,34). The molecule has 0 fully saturated rings. The molecule has 0 spiro atoms. The largest absolute Gasteiger partial charge is 0.457 e. The number of aromatic nitrogens is 3. The highest BCUT2D eigenvalue weighted by molar-refractivity contribution is 7.90. The highest BCUT2D eigenvalue weighted by Crippen LogP contribution is 2.51. The second kappa shape index (κ2) is 14.9. The third kappa shape index (κ3) is 9.57. The molecule has 0 aliphatic rings. The van der Waals surface area contributed by atoms with E-state index >= 15 is 0 Å². The first-order valence-electron chi connectivity index (χ1n) is 12.8. The molecule has 0 aliphatic carbocycles. The summed E-state index contributed by atoms with van der Waals surface area (Å²) in [5.41, 5.74) is 8.92. The van der Waals surface area contributed by atoms with Crippen molar-refractivity contribution in [1.29, 1.82) is 0 Å². The maximum Gasteiger partial charge on any atom is 0.336 e. The van der Waals surface area contributed by atoms with Crippen LogP contribution in [0.15, 0.2) is 76.4 Å². The zero-order chi connectivity index (χ0) is 31.6. The maximum atomic E-state index is 13.3. The Kier molecular flexibility index (Phi) is 11.0. The quantitative estimate of drug-likeness (QED) is 0.0498. The molecule has 230 valence electrons. The Labute approximate surface area is 256 Å². The average molecular weight is 660 g/mol. The lowest BCUT2D eigenvalue weighted by Gasteiger charge is -2.16. The highest BCUT2D eigenvalue weighted by Gasteiger charge is 2.26. The van der Waals surface area contributed by atoms with E-state index in [1.54, 1.807) is 12.3 Å². The first-order valence-corrected chi connectivity index (χ1v) is 17.3. The number of anilines is 1. The molecule has 2 aromatic heterocycles. The lowest BCUT2D eigenvalue weighted by atomic mass is 10.2. The second-order valence-corrected chi connectivity index (χ2v) is 13.7. The van der Waals surface area contributed by atoms with Gasteiger partial charge in [0.2, 0.25) is 5.88 Å². The van der Waals surface area contributed by atoms with Crippen molar-refractivity contribution in [2.45, 2.75) is 18.0 Å². The van der Waals surface area contributed by atoms with E-state index < -0.39 is 23.3 Å². The van der Waals surface area contributed by atoms with Crippen molar-refractivity contribution in [3.63, 3.8) is 0 Å². The number of hydrogen-bond donors (Lipinski definition) is 1. The minimum atomic E-state index is -3.58. The molecule has 0 bridgehead atoms. The summed E-state index contributed by atoms with van der Waals surface area (Å²) in [6, 6.07) is 10.3. The Morgan fingerprint density at radius 3 is 2.50 bits per heavy atom. The van der Waals surface area contributed by atoms with Gasteiger partial charge in [-0.25, -0.2) is 18.4 Å². The molecule has 2 aromatic carbocycles. The van der Waals surface area contributed by atoms with E-state index in [0.29, 0.717) is 11.4 Å². The smallest absolute Gasteiger partial charge is 0.336 e. The maximum absolute atomic E-state index is 13.3. The summed E-state index contributed by atoms with van der Waals surface area (Å²) >= 11 is 1.11. The summed E-state index contributed by atoms with van der Waals surface area (Å²) in [5, 5.41) is 7.88. The predicted molar refractivity (Wildman–Crippen MR) is 161 cm³/mol. The van der Waals surface area contributed by atoms with Crippen molar-refractivity contribution >= 4 is 39.8 Å². The van der Waals surface area contributed by atoms with Crippen LogP contribution >= 0.6 is 18.9 Å². The summed E-state index contributed by atoms with van der Waals surface area (Å²) < 4.78 is 59.0. The SMILES string of the molecule is CCOP(=O)(Cc1csc(NC(=O)c2cc(Oc3ccc(S(C)(=O)=O)cc3)cc(Oc3cnccn3)c2)n1)OCCN=[N+]=[N-]. The molecule has 1 amide bonds. The summed E-state index contributed by atoms with van der Waals surface area (Å²) in [5.74, 6) is 0.394. The minimum Gasteiger partial charge on any atom is -0.457 e. The van der Waals surface area contributed by atoms with Crippen LogP contribution in [0.4, 0.5) is 5.13 Å². The third-order valence-electron chi connectivity index (χ3n) is 5.39. The van der Waals surface area contributed by atoms with Gasteiger partial charge >= 0.3 is 7.60 Å². The monoisotopic (exact) mass is 659 g/mol. The van der Waals surface area contributed by atoms with E-state index in [2.05, 4.69) is 30.3 Å². The van der Waals surface area contributed by atoms with Crippen LogP contribution in [-0.4, -0.2) is 55.3 Å². The van der Waals surface area contributed by atoms with Gasteiger partial charge in [0.15, 0.2) is 15.0 Å². The van der Waals surface area contributed by atoms with Gasteiger partial charge in [0, 0.05) is 47.1 Å². The van der Waals surface area contributed by atoms with Crippen LogP contribution in [0.5, 0.6) is 23.1 Å². The summed E-state index contributed by atoms with van der Waals surface area (Å²) in [7, 11) is -6.97. The van der Waals surface area contributed by atoms with Crippen molar-refractivity contribution in [1.82, 2.24) is 15.0 Å². The van der Waals surface area contributed by atoms with Gasteiger partial charge in [0.1, 0.15) is 17.2 Å². The normalized spacial score (nSPS) is 12.5. The van der Waals surface area contributed by atoms with Crippen LogP contribution in [0.25, 0.3) is 10.4 Å².